The first-order chi connectivity index (χ1) is 7.61. The molecule has 0 bridgehead atoms. The quantitative estimate of drug-likeness (QED) is 0.777. The van der Waals surface area contributed by atoms with Gasteiger partial charge in [0.1, 0.15) is 6.07 Å². The highest BCUT2D eigenvalue weighted by Gasteiger charge is 2.24. The Bertz CT molecular complexity index is 441. The van der Waals surface area contributed by atoms with E-state index >= 15 is 0 Å². The molecule has 1 aromatic heterocycles. The molecule has 1 heterocycles. The van der Waals surface area contributed by atoms with Crippen LogP contribution in [0.25, 0.3) is 0 Å². The van der Waals surface area contributed by atoms with E-state index < -0.39 is 0 Å². The first kappa shape index (κ1) is 10.9. The summed E-state index contributed by atoms with van der Waals surface area (Å²) in [5.74, 6) is 0.824. The number of nitrogens with zero attached hydrogens (tertiary/aromatic N) is 3. The Hall–Kier alpha value is -1.56. The number of hydrogen-bond acceptors (Lipinski definition) is 3. The Balaban J connectivity index is 2.33. The SMILES string of the molecule is Cc1cc(N(C)CC2CC2)c(C#N)c(C)n1. The number of pyridine rings is 1. The lowest BCUT2D eigenvalue weighted by atomic mass is 10.1. The average Bonchev–Trinajstić information content (AvgIpc) is 3.00. The van der Waals surface area contributed by atoms with E-state index in [-0.39, 0.29) is 0 Å². The van der Waals surface area contributed by atoms with Crippen LogP contribution in [-0.4, -0.2) is 18.6 Å². The van der Waals surface area contributed by atoms with Gasteiger partial charge < -0.3 is 4.90 Å². The summed E-state index contributed by atoms with van der Waals surface area (Å²) >= 11 is 0. The Morgan fingerprint density at radius 1 is 1.50 bits per heavy atom. The van der Waals surface area contributed by atoms with E-state index in [2.05, 4.69) is 23.0 Å². The second kappa shape index (κ2) is 4.13. The van der Waals surface area contributed by atoms with Crippen molar-refractivity contribution in [3.8, 4) is 6.07 Å². The maximum Gasteiger partial charge on any atom is 0.103 e. The van der Waals surface area contributed by atoms with Crippen molar-refractivity contribution in [3.05, 3.63) is 23.0 Å². The van der Waals surface area contributed by atoms with Crippen LogP contribution in [0.4, 0.5) is 5.69 Å². The Labute approximate surface area is 96.7 Å². The summed E-state index contributed by atoms with van der Waals surface area (Å²) in [6, 6.07) is 4.27. The molecule has 0 unspecified atom stereocenters. The molecule has 0 amide bonds. The van der Waals surface area contributed by atoms with Crippen LogP contribution in [0, 0.1) is 31.1 Å². The van der Waals surface area contributed by atoms with Gasteiger partial charge in [-0.3, -0.25) is 4.98 Å². The molecule has 0 N–H and O–H groups in total. The van der Waals surface area contributed by atoms with Crippen molar-refractivity contribution in [3.63, 3.8) is 0 Å². The molecule has 0 radical (unpaired) electrons. The lowest BCUT2D eigenvalue weighted by Gasteiger charge is -2.21. The summed E-state index contributed by atoms with van der Waals surface area (Å²) in [6.45, 7) is 4.93. The van der Waals surface area contributed by atoms with E-state index in [0.29, 0.717) is 5.56 Å². The minimum atomic E-state index is 0.716. The number of nitriles is 1. The molecule has 1 saturated carbocycles. The van der Waals surface area contributed by atoms with Crippen molar-refractivity contribution in [1.82, 2.24) is 4.98 Å². The zero-order valence-corrected chi connectivity index (χ0v) is 10.1. The summed E-state index contributed by atoms with van der Waals surface area (Å²) in [5, 5.41) is 9.17. The highest BCUT2D eigenvalue weighted by atomic mass is 15.1. The maximum absolute atomic E-state index is 9.17. The summed E-state index contributed by atoms with van der Waals surface area (Å²) in [6.07, 6.45) is 2.66. The number of rotatable bonds is 3. The van der Waals surface area contributed by atoms with E-state index in [1.807, 2.05) is 19.9 Å². The summed E-state index contributed by atoms with van der Waals surface area (Å²) in [7, 11) is 2.06. The van der Waals surface area contributed by atoms with Crippen LogP contribution in [0.15, 0.2) is 6.07 Å². The van der Waals surface area contributed by atoms with Crippen LogP contribution in [0.5, 0.6) is 0 Å². The minimum absolute atomic E-state index is 0.716. The fourth-order valence-corrected chi connectivity index (χ4v) is 2.03. The molecule has 0 aliphatic heterocycles. The van der Waals surface area contributed by atoms with E-state index in [9.17, 15) is 5.26 Å². The summed E-state index contributed by atoms with van der Waals surface area (Å²) in [5.41, 5.74) is 3.56. The molecule has 0 aromatic carbocycles. The second-order valence-electron chi connectivity index (χ2n) is 4.68. The van der Waals surface area contributed by atoms with Crippen molar-refractivity contribution in [2.45, 2.75) is 26.7 Å². The largest absolute Gasteiger partial charge is 0.373 e. The molecule has 0 saturated heterocycles. The van der Waals surface area contributed by atoms with E-state index in [4.69, 9.17) is 0 Å². The summed E-state index contributed by atoms with van der Waals surface area (Å²) in [4.78, 5) is 6.53. The standard InChI is InChI=1S/C13H17N3/c1-9-6-13(12(7-14)10(2)15-9)16(3)8-11-4-5-11/h6,11H,4-5,8H2,1-3H3. The molecular weight excluding hydrogens is 198 g/mol. The molecule has 1 aliphatic rings. The first-order valence-corrected chi connectivity index (χ1v) is 5.71. The third-order valence-electron chi connectivity index (χ3n) is 3.06. The zero-order chi connectivity index (χ0) is 11.7. The summed E-state index contributed by atoms with van der Waals surface area (Å²) < 4.78 is 0. The van der Waals surface area contributed by atoms with Gasteiger partial charge in [0.25, 0.3) is 0 Å². The molecule has 1 aliphatic carbocycles. The molecule has 2 rings (SSSR count). The van der Waals surface area contributed by atoms with Gasteiger partial charge in [-0.2, -0.15) is 5.26 Å². The molecular formula is C13H17N3. The van der Waals surface area contributed by atoms with Crippen LogP contribution in [0.2, 0.25) is 0 Å². The normalized spacial score (nSPS) is 14.6. The van der Waals surface area contributed by atoms with Crippen molar-refractivity contribution in [1.29, 1.82) is 5.26 Å². The Kier molecular flexibility index (Phi) is 2.82. The molecule has 1 fully saturated rings. The highest BCUT2D eigenvalue weighted by Crippen LogP contribution is 2.32. The van der Waals surface area contributed by atoms with Crippen LogP contribution in [0.1, 0.15) is 29.8 Å². The highest BCUT2D eigenvalue weighted by molar-refractivity contribution is 5.61. The number of anilines is 1. The second-order valence-corrected chi connectivity index (χ2v) is 4.68. The predicted octanol–water partition coefficient (Wildman–Crippen LogP) is 2.42. The average molecular weight is 215 g/mol. The van der Waals surface area contributed by atoms with Gasteiger partial charge in [0.05, 0.1) is 16.9 Å². The fourth-order valence-electron chi connectivity index (χ4n) is 2.03. The monoisotopic (exact) mass is 215 g/mol. The molecule has 3 nitrogen and oxygen atoms in total. The third-order valence-corrected chi connectivity index (χ3v) is 3.06. The van der Waals surface area contributed by atoms with Gasteiger partial charge in [0.15, 0.2) is 0 Å². The lowest BCUT2D eigenvalue weighted by molar-refractivity contribution is 0.784. The number of hydrogen-bond donors (Lipinski definition) is 0. The molecule has 1 aromatic rings. The Morgan fingerprint density at radius 2 is 2.19 bits per heavy atom. The van der Waals surface area contributed by atoms with Crippen LogP contribution >= 0.6 is 0 Å². The van der Waals surface area contributed by atoms with Gasteiger partial charge in [-0.05, 0) is 38.7 Å². The first-order valence-electron chi connectivity index (χ1n) is 5.71. The molecule has 84 valence electrons. The van der Waals surface area contributed by atoms with Gasteiger partial charge in [0, 0.05) is 19.3 Å². The Morgan fingerprint density at radius 3 is 2.75 bits per heavy atom. The van der Waals surface area contributed by atoms with Crippen molar-refractivity contribution in [2.75, 3.05) is 18.5 Å². The minimum Gasteiger partial charge on any atom is -0.373 e. The van der Waals surface area contributed by atoms with Crippen molar-refractivity contribution >= 4 is 5.69 Å². The van der Waals surface area contributed by atoms with Gasteiger partial charge in [-0.25, -0.2) is 0 Å². The third kappa shape index (κ3) is 2.16. The number of aryl methyl sites for hydroxylation is 2. The molecule has 16 heavy (non-hydrogen) atoms. The smallest absolute Gasteiger partial charge is 0.103 e. The van der Waals surface area contributed by atoms with Gasteiger partial charge in [-0.15, -0.1) is 0 Å². The van der Waals surface area contributed by atoms with Gasteiger partial charge in [-0.1, -0.05) is 0 Å². The van der Waals surface area contributed by atoms with Crippen molar-refractivity contribution < 1.29 is 0 Å². The van der Waals surface area contributed by atoms with Gasteiger partial charge in [0.2, 0.25) is 0 Å². The fraction of sp³-hybridized carbons (Fsp3) is 0.538. The van der Waals surface area contributed by atoms with Crippen LogP contribution in [0.3, 0.4) is 0 Å². The van der Waals surface area contributed by atoms with Crippen LogP contribution in [-0.2, 0) is 0 Å². The van der Waals surface area contributed by atoms with E-state index in [1.54, 1.807) is 0 Å². The molecule has 0 spiro atoms. The van der Waals surface area contributed by atoms with Crippen molar-refractivity contribution in [2.24, 2.45) is 5.92 Å². The van der Waals surface area contributed by atoms with Gasteiger partial charge >= 0.3 is 0 Å². The lowest BCUT2D eigenvalue weighted by Crippen LogP contribution is -2.21. The number of aromatic nitrogens is 1. The predicted molar refractivity (Wildman–Crippen MR) is 64.4 cm³/mol. The van der Waals surface area contributed by atoms with E-state index in [1.165, 1.54) is 12.8 Å². The van der Waals surface area contributed by atoms with Crippen LogP contribution < -0.4 is 4.90 Å². The molecule has 3 heteroatoms. The van der Waals surface area contributed by atoms with E-state index in [0.717, 1.165) is 29.5 Å². The maximum atomic E-state index is 9.17. The zero-order valence-electron chi connectivity index (χ0n) is 10.1. The topological polar surface area (TPSA) is 39.9 Å². The molecule has 0 atom stereocenters.